The Hall–Kier alpha value is -3.00. The van der Waals surface area contributed by atoms with Crippen molar-refractivity contribution >= 4 is 32.4 Å². The number of rotatable bonds is 6. The molecule has 0 spiro atoms. The zero-order valence-corrected chi connectivity index (χ0v) is 17.1. The SMILES string of the molecule is O=C(CN(c1ccc(F)cc1)S(=O)(=O)c1cccc2cnccc12)NC1CCCC1. The minimum absolute atomic E-state index is 0.0684. The fourth-order valence-electron chi connectivity index (χ4n) is 3.83. The molecular weight excluding hydrogens is 405 g/mol. The van der Waals surface area contributed by atoms with Gasteiger partial charge in [0.1, 0.15) is 12.4 Å². The number of nitrogens with one attached hydrogen (secondary N) is 1. The summed E-state index contributed by atoms with van der Waals surface area (Å²) in [6.07, 6.45) is 7.00. The minimum atomic E-state index is -4.10. The molecule has 1 N–H and O–H groups in total. The number of carbonyl (C=O) groups is 1. The molecule has 0 radical (unpaired) electrons. The lowest BCUT2D eigenvalue weighted by Crippen LogP contribution is -2.43. The van der Waals surface area contributed by atoms with Gasteiger partial charge in [-0.3, -0.25) is 14.1 Å². The fourth-order valence-corrected chi connectivity index (χ4v) is 5.47. The van der Waals surface area contributed by atoms with Crippen molar-refractivity contribution < 1.29 is 17.6 Å². The molecule has 1 amide bonds. The molecule has 0 saturated heterocycles. The first-order chi connectivity index (χ1) is 14.4. The van der Waals surface area contributed by atoms with Crippen molar-refractivity contribution in [3.63, 3.8) is 0 Å². The predicted molar refractivity (Wildman–Crippen MR) is 113 cm³/mol. The first kappa shape index (κ1) is 20.3. The molecule has 8 heteroatoms. The molecule has 0 unspecified atom stereocenters. The van der Waals surface area contributed by atoms with E-state index >= 15 is 0 Å². The highest BCUT2D eigenvalue weighted by Gasteiger charge is 2.29. The number of halogens is 1. The Morgan fingerprint density at radius 2 is 1.83 bits per heavy atom. The van der Waals surface area contributed by atoms with Crippen LogP contribution in [0.25, 0.3) is 10.8 Å². The van der Waals surface area contributed by atoms with E-state index in [2.05, 4.69) is 10.3 Å². The normalized spacial score (nSPS) is 14.7. The molecule has 156 valence electrons. The van der Waals surface area contributed by atoms with Gasteiger partial charge in [0.05, 0.1) is 10.6 Å². The molecule has 1 heterocycles. The summed E-state index contributed by atoms with van der Waals surface area (Å²) < 4.78 is 41.8. The molecule has 6 nitrogen and oxygen atoms in total. The van der Waals surface area contributed by atoms with Crippen LogP contribution in [0.4, 0.5) is 10.1 Å². The number of hydrogen-bond acceptors (Lipinski definition) is 4. The van der Waals surface area contributed by atoms with Crippen LogP contribution in [0, 0.1) is 5.82 Å². The number of aromatic nitrogens is 1. The van der Waals surface area contributed by atoms with E-state index in [1.807, 2.05) is 0 Å². The predicted octanol–water partition coefficient (Wildman–Crippen LogP) is 3.63. The number of amides is 1. The van der Waals surface area contributed by atoms with Crippen molar-refractivity contribution in [2.45, 2.75) is 36.6 Å². The second kappa shape index (κ2) is 8.39. The Balaban J connectivity index is 1.73. The van der Waals surface area contributed by atoms with Crippen molar-refractivity contribution in [1.82, 2.24) is 10.3 Å². The maximum Gasteiger partial charge on any atom is 0.265 e. The summed E-state index contributed by atoms with van der Waals surface area (Å²) in [4.78, 5) is 16.8. The Morgan fingerprint density at radius 3 is 2.57 bits per heavy atom. The van der Waals surface area contributed by atoms with E-state index in [0.29, 0.717) is 10.8 Å². The highest BCUT2D eigenvalue weighted by atomic mass is 32.2. The monoisotopic (exact) mass is 427 g/mol. The topological polar surface area (TPSA) is 79.4 Å². The highest BCUT2D eigenvalue weighted by Crippen LogP contribution is 2.29. The van der Waals surface area contributed by atoms with Gasteiger partial charge in [-0.05, 0) is 49.2 Å². The first-order valence-electron chi connectivity index (χ1n) is 9.85. The lowest BCUT2D eigenvalue weighted by molar-refractivity contribution is -0.120. The number of benzene rings is 2. The van der Waals surface area contributed by atoms with E-state index in [9.17, 15) is 17.6 Å². The molecule has 0 bridgehead atoms. The Kier molecular flexibility index (Phi) is 5.67. The van der Waals surface area contributed by atoms with Crippen LogP contribution in [0.2, 0.25) is 0 Å². The molecule has 0 aliphatic heterocycles. The Morgan fingerprint density at radius 1 is 1.10 bits per heavy atom. The van der Waals surface area contributed by atoms with Gasteiger partial charge in [0.25, 0.3) is 10.0 Å². The lowest BCUT2D eigenvalue weighted by atomic mass is 10.2. The van der Waals surface area contributed by atoms with Crippen molar-refractivity contribution in [1.29, 1.82) is 0 Å². The number of carbonyl (C=O) groups excluding carboxylic acids is 1. The molecule has 3 aromatic rings. The molecule has 30 heavy (non-hydrogen) atoms. The quantitative estimate of drug-likeness (QED) is 0.652. The van der Waals surface area contributed by atoms with Crippen LogP contribution in [0.1, 0.15) is 25.7 Å². The number of anilines is 1. The molecule has 1 fully saturated rings. The van der Waals surface area contributed by atoms with E-state index in [1.165, 1.54) is 36.5 Å². The summed E-state index contributed by atoms with van der Waals surface area (Å²) in [5, 5.41) is 4.11. The summed E-state index contributed by atoms with van der Waals surface area (Å²) in [6, 6.07) is 11.7. The van der Waals surface area contributed by atoms with E-state index in [-0.39, 0.29) is 29.1 Å². The highest BCUT2D eigenvalue weighted by molar-refractivity contribution is 7.93. The van der Waals surface area contributed by atoms with E-state index in [1.54, 1.807) is 24.4 Å². The van der Waals surface area contributed by atoms with Crippen LogP contribution in [0.5, 0.6) is 0 Å². The summed E-state index contributed by atoms with van der Waals surface area (Å²) in [5.41, 5.74) is 0.226. The average molecular weight is 428 g/mol. The summed E-state index contributed by atoms with van der Waals surface area (Å²) >= 11 is 0. The molecule has 4 rings (SSSR count). The second-order valence-electron chi connectivity index (χ2n) is 7.39. The number of pyridine rings is 1. The van der Waals surface area contributed by atoms with Crippen LogP contribution < -0.4 is 9.62 Å². The lowest BCUT2D eigenvalue weighted by Gasteiger charge is -2.25. The average Bonchev–Trinajstić information content (AvgIpc) is 3.25. The second-order valence-corrected chi connectivity index (χ2v) is 9.22. The van der Waals surface area contributed by atoms with Gasteiger partial charge in [0, 0.05) is 29.2 Å². The summed E-state index contributed by atoms with van der Waals surface area (Å²) in [7, 11) is -4.10. The zero-order valence-electron chi connectivity index (χ0n) is 16.3. The number of fused-ring (bicyclic) bond motifs is 1. The largest absolute Gasteiger partial charge is 0.352 e. The zero-order chi connectivity index (χ0) is 21.1. The van der Waals surface area contributed by atoms with Gasteiger partial charge in [-0.25, -0.2) is 12.8 Å². The molecular formula is C22H22FN3O3S. The molecule has 0 atom stereocenters. The smallest absolute Gasteiger partial charge is 0.265 e. The third-order valence-electron chi connectivity index (χ3n) is 5.33. The van der Waals surface area contributed by atoms with E-state index in [0.717, 1.165) is 30.0 Å². The molecule has 1 aromatic heterocycles. The van der Waals surface area contributed by atoms with E-state index in [4.69, 9.17) is 0 Å². The minimum Gasteiger partial charge on any atom is -0.352 e. The standard InChI is InChI=1S/C22H22FN3O3S/c23-17-8-10-19(11-9-17)26(15-22(27)25-18-5-1-2-6-18)30(28,29)21-7-3-4-16-14-24-13-12-20(16)21/h3-4,7-14,18H,1-2,5-6,15H2,(H,25,27). The van der Waals surface area contributed by atoms with Crippen molar-refractivity contribution in [2.75, 3.05) is 10.8 Å². The van der Waals surface area contributed by atoms with E-state index < -0.39 is 15.8 Å². The van der Waals surface area contributed by atoms with Crippen LogP contribution in [0.3, 0.4) is 0 Å². The van der Waals surface area contributed by atoms with Gasteiger partial charge in [0.2, 0.25) is 5.91 Å². The van der Waals surface area contributed by atoms with Crippen molar-refractivity contribution in [3.05, 3.63) is 66.7 Å². The van der Waals surface area contributed by atoms with Gasteiger partial charge in [0.15, 0.2) is 0 Å². The number of hydrogen-bond donors (Lipinski definition) is 1. The summed E-state index contributed by atoms with van der Waals surface area (Å²) in [5.74, 6) is -0.862. The third kappa shape index (κ3) is 4.14. The van der Waals surface area contributed by atoms with Gasteiger partial charge >= 0.3 is 0 Å². The molecule has 2 aromatic carbocycles. The molecule has 1 aliphatic carbocycles. The van der Waals surface area contributed by atoms with Crippen LogP contribution in [-0.4, -0.2) is 31.9 Å². The fraction of sp³-hybridized carbons (Fsp3) is 0.273. The Bertz CT molecular complexity index is 1150. The molecule has 1 aliphatic rings. The number of sulfonamides is 1. The van der Waals surface area contributed by atoms with Gasteiger partial charge in [-0.2, -0.15) is 0 Å². The maximum absolute atomic E-state index is 13.6. The third-order valence-corrected chi connectivity index (χ3v) is 7.16. The van der Waals surface area contributed by atoms with Gasteiger partial charge < -0.3 is 5.32 Å². The van der Waals surface area contributed by atoms with Crippen LogP contribution >= 0.6 is 0 Å². The maximum atomic E-state index is 13.6. The van der Waals surface area contributed by atoms with Crippen molar-refractivity contribution in [2.24, 2.45) is 0 Å². The first-order valence-corrected chi connectivity index (χ1v) is 11.3. The van der Waals surface area contributed by atoms with Crippen LogP contribution in [0.15, 0.2) is 65.8 Å². The van der Waals surface area contributed by atoms with Gasteiger partial charge in [-0.15, -0.1) is 0 Å². The molecule has 1 saturated carbocycles. The van der Waals surface area contributed by atoms with Gasteiger partial charge in [-0.1, -0.05) is 25.0 Å². The number of nitrogens with zero attached hydrogens (tertiary/aromatic N) is 2. The Labute approximate surface area is 174 Å². The summed E-state index contributed by atoms with van der Waals surface area (Å²) in [6.45, 7) is -0.383. The van der Waals surface area contributed by atoms with Crippen molar-refractivity contribution in [3.8, 4) is 0 Å². The van der Waals surface area contributed by atoms with Crippen LogP contribution in [-0.2, 0) is 14.8 Å².